The molecule has 1 fully saturated rings. The van der Waals surface area contributed by atoms with Gasteiger partial charge in [0.05, 0.1) is 12.8 Å². The molecule has 1 aliphatic rings. The van der Waals surface area contributed by atoms with Crippen molar-refractivity contribution in [3.63, 3.8) is 0 Å². The fraction of sp³-hybridized carbons (Fsp3) is 0.250. The highest BCUT2D eigenvalue weighted by Gasteiger charge is 2.21. The van der Waals surface area contributed by atoms with Gasteiger partial charge in [-0.05, 0) is 43.5 Å². The second-order valence-corrected chi connectivity index (χ2v) is 6.30. The van der Waals surface area contributed by atoms with Gasteiger partial charge < -0.3 is 10.1 Å². The minimum absolute atomic E-state index is 0.561. The van der Waals surface area contributed by atoms with Crippen LogP contribution in [-0.2, 0) is 0 Å². The Morgan fingerprint density at radius 2 is 1.72 bits per heavy atom. The molecule has 1 aliphatic carbocycles. The lowest BCUT2D eigenvalue weighted by molar-refractivity contribution is 0.415. The molecule has 0 atom stereocenters. The van der Waals surface area contributed by atoms with Crippen LogP contribution in [0.5, 0.6) is 5.75 Å². The molecular formula is C20H20N4O. The van der Waals surface area contributed by atoms with Gasteiger partial charge in [0.2, 0.25) is 0 Å². The molecule has 25 heavy (non-hydrogen) atoms. The first-order chi connectivity index (χ1) is 12.2. The number of anilines is 1. The normalized spacial score (nSPS) is 13.5. The zero-order valence-corrected chi connectivity index (χ0v) is 14.4. The molecule has 126 valence electrons. The van der Waals surface area contributed by atoms with Gasteiger partial charge in [-0.25, -0.2) is 9.97 Å². The Bertz CT molecular complexity index is 888. The molecule has 0 bridgehead atoms. The number of ether oxygens (including phenoxy) is 1. The first-order valence-electron chi connectivity index (χ1n) is 8.43. The van der Waals surface area contributed by atoms with E-state index in [1.165, 1.54) is 12.8 Å². The molecular weight excluding hydrogens is 312 g/mol. The van der Waals surface area contributed by atoms with Crippen LogP contribution < -0.4 is 10.1 Å². The molecule has 0 aliphatic heterocycles. The van der Waals surface area contributed by atoms with Crippen LogP contribution in [0.3, 0.4) is 0 Å². The van der Waals surface area contributed by atoms with Gasteiger partial charge in [-0.1, -0.05) is 12.1 Å². The van der Waals surface area contributed by atoms with Crippen LogP contribution >= 0.6 is 0 Å². The topological polar surface area (TPSA) is 59.9 Å². The van der Waals surface area contributed by atoms with E-state index in [-0.39, 0.29) is 0 Å². The molecule has 1 saturated carbocycles. The number of aromatic nitrogens is 3. The lowest BCUT2D eigenvalue weighted by Crippen LogP contribution is -2.05. The highest BCUT2D eigenvalue weighted by atomic mass is 16.5. The zero-order valence-electron chi connectivity index (χ0n) is 14.4. The number of methoxy groups -OCH3 is 1. The molecule has 4 rings (SSSR count). The Labute approximate surface area is 147 Å². The number of hydrogen-bond donors (Lipinski definition) is 1. The minimum Gasteiger partial charge on any atom is -0.497 e. The van der Waals surface area contributed by atoms with Gasteiger partial charge >= 0.3 is 0 Å². The Balaban J connectivity index is 1.67. The van der Waals surface area contributed by atoms with Crippen molar-refractivity contribution in [2.24, 2.45) is 0 Å². The van der Waals surface area contributed by atoms with E-state index in [2.05, 4.69) is 26.3 Å². The van der Waals surface area contributed by atoms with Crippen LogP contribution in [0.4, 0.5) is 5.82 Å². The van der Waals surface area contributed by atoms with Crippen molar-refractivity contribution >= 4 is 5.82 Å². The molecule has 0 unspecified atom stereocenters. The average Bonchev–Trinajstić information content (AvgIpc) is 3.45. The molecule has 0 amide bonds. The highest BCUT2D eigenvalue weighted by Crippen LogP contribution is 2.28. The second kappa shape index (κ2) is 6.51. The monoisotopic (exact) mass is 332 g/mol. The van der Waals surface area contributed by atoms with Gasteiger partial charge in [0.15, 0.2) is 0 Å². The summed E-state index contributed by atoms with van der Waals surface area (Å²) in [6.07, 6.45) is 6.14. The quantitative estimate of drug-likeness (QED) is 0.762. The molecule has 2 heterocycles. The fourth-order valence-corrected chi connectivity index (χ4v) is 2.75. The summed E-state index contributed by atoms with van der Waals surface area (Å²) in [5, 5.41) is 3.44. The van der Waals surface area contributed by atoms with Crippen LogP contribution in [-0.4, -0.2) is 28.1 Å². The van der Waals surface area contributed by atoms with Crippen molar-refractivity contribution in [2.75, 3.05) is 12.4 Å². The Morgan fingerprint density at radius 3 is 2.44 bits per heavy atom. The summed E-state index contributed by atoms with van der Waals surface area (Å²) in [5.41, 5.74) is 4.02. The van der Waals surface area contributed by atoms with Crippen LogP contribution in [0.15, 0.2) is 48.8 Å². The molecule has 1 aromatic carbocycles. The number of aryl methyl sites for hydroxylation is 1. The van der Waals surface area contributed by atoms with E-state index in [1.807, 2.05) is 49.6 Å². The standard InChI is InChI=1S/C20H20N4O/c1-13-22-19(10-20(23-13)24-17-5-6-17)16-9-15(11-21-12-16)14-3-7-18(25-2)8-4-14/h3-4,7-12,17H,5-6H2,1-2H3,(H,22,23,24). The summed E-state index contributed by atoms with van der Waals surface area (Å²) in [5.74, 6) is 2.49. The van der Waals surface area contributed by atoms with Gasteiger partial charge in [0, 0.05) is 35.6 Å². The van der Waals surface area contributed by atoms with Crippen LogP contribution in [0.2, 0.25) is 0 Å². The number of rotatable bonds is 5. The van der Waals surface area contributed by atoms with E-state index in [9.17, 15) is 0 Å². The summed E-state index contributed by atoms with van der Waals surface area (Å²) in [6, 6.07) is 12.6. The van der Waals surface area contributed by atoms with Gasteiger partial charge in [0.25, 0.3) is 0 Å². The minimum atomic E-state index is 0.561. The van der Waals surface area contributed by atoms with Crippen LogP contribution in [0.1, 0.15) is 18.7 Å². The average molecular weight is 332 g/mol. The maximum absolute atomic E-state index is 5.22. The zero-order chi connectivity index (χ0) is 17.2. The van der Waals surface area contributed by atoms with E-state index in [0.717, 1.165) is 39.8 Å². The lowest BCUT2D eigenvalue weighted by Gasteiger charge is -2.09. The summed E-state index contributed by atoms with van der Waals surface area (Å²) in [4.78, 5) is 13.5. The Morgan fingerprint density at radius 1 is 0.960 bits per heavy atom. The first-order valence-corrected chi connectivity index (χ1v) is 8.43. The van der Waals surface area contributed by atoms with Gasteiger partial charge in [0.1, 0.15) is 17.4 Å². The van der Waals surface area contributed by atoms with Crippen molar-refractivity contribution in [2.45, 2.75) is 25.8 Å². The highest BCUT2D eigenvalue weighted by molar-refractivity contribution is 5.71. The smallest absolute Gasteiger partial charge is 0.130 e. The van der Waals surface area contributed by atoms with E-state index < -0.39 is 0 Å². The third-order valence-electron chi connectivity index (χ3n) is 4.22. The second-order valence-electron chi connectivity index (χ2n) is 6.30. The molecule has 0 spiro atoms. The molecule has 0 saturated heterocycles. The number of nitrogens with zero attached hydrogens (tertiary/aromatic N) is 3. The maximum Gasteiger partial charge on any atom is 0.130 e. The number of hydrogen-bond acceptors (Lipinski definition) is 5. The van der Waals surface area contributed by atoms with Crippen molar-refractivity contribution < 1.29 is 4.74 Å². The molecule has 1 N–H and O–H groups in total. The molecule has 3 aromatic rings. The van der Waals surface area contributed by atoms with Crippen molar-refractivity contribution in [3.8, 4) is 28.1 Å². The van der Waals surface area contributed by atoms with Gasteiger partial charge in [-0.15, -0.1) is 0 Å². The molecule has 2 aromatic heterocycles. The number of benzene rings is 1. The van der Waals surface area contributed by atoms with Crippen LogP contribution in [0, 0.1) is 6.92 Å². The summed E-state index contributed by atoms with van der Waals surface area (Å²) in [7, 11) is 1.67. The first kappa shape index (κ1) is 15.6. The van der Waals surface area contributed by atoms with E-state index in [4.69, 9.17) is 4.74 Å². The van der Waals surface area contributed by atoms with Crippen molar-refractivity contribution in [1.29, 1.82) is 0 Å². The lowest BCUT2D eigenvalue weighted by atomic mass is 10.0. The van der Waals surface area contributed by atoms with E-state index in [1.54, 1.807) is 7.11 Å². The predicted molar refractivity (Wildman–Crippen MR) is 98.6 cm³/mol. The fourth-order valence-electron chi connectivity index (χ4n) is 2.75. The van der Waals surface area contributed by atoms with Gasteiger partial charge in [-0.3, -0.25) is 4.98 Å². The van der Waals surface area contributed by atoms with Crippen molar-refractivity contribution in [1.82, 2.24) is 15.0 Å². The molecule has 0 radical (unpaired) electrons. The van der Waals surface area contributed by atoms with Crippen molar-refractivity contribution in [3.05, 3.63) is 54.6 Å². The summed E-state index contributed by atoms with van der Waals surface area (Å²) >= 11 is 0. The maximum atomic E-state index is 5.22. The molecule has 5 heteroatoms. The number of nitrogens with one attached hydrogen (secondary N) is 1. The molecule has 5 nitrogen and oxygen atoms in total. The SMILES string of the molecule is COc1ccc(-c2cncc(-c3cc(NC4CC4)nc(C)n3)c2)cc1. The van der Waals surface area contributed by atoms with Gasteiger partial charge in [-0.2, -0.15) is 0 Å². The Kier molecular flexibility index (Phi) is 4.06. The summed E-state index contributed by atoms with van der Waals surface area (Å²) < 4.78 is 5.22. The summed E-state index contributed by atoms with van der Waals surface area (Å²) in [6.45, 7) is 1.92. The largest absolute Gasteiger partial charge is 0.497 e. The predicted octanol–water partition coefficient (Wildman–Crippen LogP) is 4.10. The van der Waals surface area contributed by atoms with E-state index >= 15 is 0 Å². The number of pyridine rings is 1. The van der Waals surface area contributed by atoms with E-state index in [0.29, 0.717) is 6.04 Å². The third-order valence-corrected chi connectivity index (χ3v) is 4.22. The third kappa shape index (κ3) is 3.60. The Hall–Kier alpha value is -2.95. The van der Waals surface area contributed by atoms with Crippen LogP contribution in [0.25, 0.3) is 22.4 Å².